The van der Waals surface area contributed by atoms with E-state index in [1.165, 1.54) is 0 Å². The molecule has 14 heavy (non-hydrogen) atoms. The molecule has 0 spiro atoms. The van der Waals surface area contributed by atoms with Crippen molar-refractivity contribution in [2.75, 3.05) is 13.7 Å². The van der Waals surface area contributed by atoms with E-state index in [1.807, 2.05) is 14.0 Å². The minimum atomic E-state index is -0.0323. The van der Waals surface area contributed by atoms with Crippen LogP contribution >= 0.6 is 0 Å². The van der Waals surface area contributed by atoms with Gasteiger partial charge in [0, 0.05) is 6.04 Å². The van der Waals surface area contributed by atoms with Gasteiger partial charge in [0.25, 0.3) is 0 Å². The van der Waals surface area contributed by atoms with Crippen LogP contribution in [0, 0.1) is 0 Å². The van der Waals surface area contributed by atoms with Crippen molar-refractivity contribution in [3.63, 3.8) is 0 Å². The molecule has 0 aromatic carbocycles. The van der Waals surface area contributed by atoms with E-state index >= 15 is 0 Å². The van der Waals surface area contributed by atoms with Crippen LogP contribution in [0.15, 0.2) is 0 Å². The molecule has 0 aromatic heterocycles. The number of hydrogen-bond acceptors (Lipinski definition) is 3. The highest BCUT2D eigenvalue weighted by Crippen LogP contribution is 2.28. The summed E-state index contributed by atoms with van der Waals surface area (Å²) < 4.78 is 5.65. The minimum Gasteiger partial charge on any atom is -0.374 e. The van der Waals surface area contributed by atoms with Crippen molar-refractivity contribution in [2.45, 2.75) is 51.8 Å². The summed E-state index contributed by atoms with van der Waals surface area (Å²) in [6, 6.07) is 0.376. The Morgan fingerprint density at radius 3 is 2.50 bits per heavy atom. The molecule has 1 aliphatic heterocycles. The summed E-state index contributed by atoms with van der Waals surface area (Å²) in [7, 11) is 2.00. The van der Waals surface area contributed by atoms with Crippen molar-refractivity contribution >= 4 is 5.78 Å². The standard InChI is InChI=1S/C11H21NO2/c1-8(9(2)13)12(5)10-6-11(3,4)14-7-10/h8,10H,6-7H2,1-5H3. The molecule has 0 bridgehead atoms. The zero-order valence-electron chi connectivity index (χ0n) is 9.83. The van der Waals surface area contributed by atoms with Gasteiger partial charge < -0.3 is 4.74 Å². The Balaban J connectivity index is 2.55. The lowest BCUT2D eigenvalue weighted by atomic mass is 10.0. The fraction of sp³-hybridized carbons (Fsp3) is 0.909. The van der Waals surface area contributed by atoms with Crippen LogP contribution in [0.2, 0.25) is 0 Å². The Morgan fingerprint density at radius 2 is 2.14 bits per heavy atom. The minimum absolute atomic E-state index is 0.00231. The molecule has 1 rings (SSSR count). The van der Waals surface area contributed by atoms with Crippen LogP contribution in [0.4, 0.5) is 0 Å². The first-order chi connectivity index (χ1) is 6.33. The summed E-state index contributed by atoms with van der Waals surface area (Å²) in [5.74, 6) is 0.220. The maximum atomic E-state index is 11.2. The first kappa shape index (κ1) is 11.7. The van der Waals surface area contributed by atoms with Crippen LogP contribution in [0.5, 0.6) is 0 Å². The van der Waals surface area contributed by atoms with Gasteiger partial charge in [0.1, 0.15) is 5.78 Å². The second-order valence-corrected chi connectivity index (χ2v) is 4.88. The number of rotatable bonds is 3. The van der Waals surface area contributed by atoms with Crippen molar-refractivity contribution in [1.82, 2.24) is 4.90 Å². The molecule has 0 N–H and O–H groups in total. The molecule has 2 atom stereocenters. The highest BCUT2D eigenvalue weighted by molar-refractivity contribution is 5.80. The van der Waals surface area contributed by atoms with Crippen LogP contribution < -0.4 is 0 Å². The van der Waals surface area contributed by atoms with Crippen molar-refractivity contribution in [2.24, 2.45) is 0 Å². The third kappa shape index (κ3) is 2.55. The van der Waals surface area contributed by atoms with E-state index in [1.54, 1.807) is 6.92 Å². The molecule has 1 saturated heterocycles. The van der Waals surface area contributed by atoms with Gasteiger partial charge in [0.15, 0.2) is 0 Å². The molecular formula is C11H21NO2. The van der Waals surface area contributed by atoms with Gasteiger partial charge in [-0.15, -0.1) is 0 Å². The van der Waals surface area contributed by atoms with Crippen molar-refractivity contribution in [1.29, 1.82) is 0 Å². The molecule has 0 amide bonds. The average molecular weight is 199 g/mol. The zero-order valence-corrected chi connectivity index (χ0v) is 9.83. The maximum Gasteiger partial charge on any atom is 0.146 e. The van der Waals surface area contributed by atoms with Crippen LogP contribution in [-0.2, 0) is 9.53 Å². The summed E-state index contributed by atoms with van der Waals surface area (Å²) in [5.41, 5.74) is -0.0323. The number of nitrogens with zero attached hydrogens (tertiary/aromatic N) is 1. The third-order valence-electron chi connectivity index (χ3n) is 3.17. The highest BCUT2D eigenvalue weighted by Gasteiger charge is 2.36. The first-order valence-electron chi connectivity index (χ1n) is 5.20. The molecule has 0 aliphatic carbocycles. The SMILES string of the molecule is CC(=O)C(C)N(C)C1COC(C)(C)C1. The van der Waals surface area contributed by atoms with E-state index in [2.05, 4.69) is 18.7 Å². The Bertz CT molecular complexity index is 225. The van der Waals surface area contributed by atoms with Crippen LogP contribution in [-0.4, -0.2) is 42.0 Å². The molecule has 3 nitrogen and oxygen atoms in total. The summed E-state index contributed by atoms with van der Waals surface area (Å²) in [4.78, 5) is 13.3. The second-order valence-electron chi connectivity index (χ2n) is 4.88. The Hall–Kier alpha value is -0.410. The van der Waals surface area contributed by atoms with E-state index in [4.69, 9.17) is 4.74 Å². The van der Waals surface area contributed by atoms with Crippen LogP contribution in [0.3, 0.4) is 0 Å². The van der Waals surface area contributed by atoms with Crippen molar-refractivity contribution < 1.29 is 9.53 Å². The second kappa shape index (κ2) is 3.99. The maximum absolute atomic E-state index is 11.2. The molecule has 0 radical (unpaired) electrons. The number of ether oxygens (including phenoxy) is 1. The lowest BCUT2D eigenvalue weighted by Gasteiger charge is -2.28. The summed E-state index contributed by atoms with van der Waals surface area (Å²) in [5, 5.41) is 0. The third-order valence-corrected chi connectivity index (χ3v) is 3.17. The van der Waals surface area contributed by atoms with Gasteiger partial charge in [0.2, 0.25) is 0 Å². The van der Waals surface area contributed by atoms with Gasteiger partial charge in [-0.25, -0.2) is 0 Å². The Kier molecular flexibility index (Phi) is 3.32. The van der Waals surface area contributed by atoms with E-state index in [0.717, 1.165) is 13.0 Å². The van der Waals surface area contributed by atoms with Gasteiger partial charge in [-0.1, -0.05) is 0 Å². The van der Waals surface area contributed by atoms with Gasteiger partial charge in [0.05, 0.1) is 18.2 Å². The zero-order chi connectivity index (χ0) is 10.9. The largest absolute Gasteiger partial charge is 0.374 e. The summed E-state index contributed by atoms with van der Waals surface area (Å²) in [6.45, 7) is 8.52. The van der Waals surface area contributed by atoms with E-state index in [-0.39, 0.29) is 17.4 Å². The number of likely N-dealkylation sites (N-methyl/N-ethyl adjacent to an activating group) is 1. The lowest BCUT2D eigenvalue weighted by molar-refractivity contribution is -0.121. The summed E-state index contributed by atoms with van der Waals surface area (Å²) >= 11 is 0. The monoisotopic (exact) mass is 199 g/mol. The fourth-order valence-electron chi connectivity index (χ4n) is 1.87. The molecule has 1 fully saturated rings. The van der Waals surface area contributed by atoms with Gasteiger partial charge >= 0.3 is 0 Å². The topological polar surface area (TPSA) is 29.5 Å². The fourth-order valence-corrected chi connectivity index (χ4v) is 1.87. The van der Waals surface area contributed by atoms with Gasteiger partial charge in [-0.3, -0.25) is 9.69 Å². The van der Waals surface area contributed by atoms with E-state index in [0.29, 0.717) is 6.04 Å². The van der Waals surface area contributed by atoms with Crippen LogP contribution in [0.1, 0.15) is 34.1 Å². The molecular weight excluding hydrogens is 178 g/mol. The predicted molar refractivity (Wildman–Crippen MR) is 56.3 cm³/mol. The van der Waals surface area contributed by atoms with Gasteiger partial charge in [-0.2, -0.15) is 0 Å². The van der Waals surface area contributed by atoms with Crippen molar-refractivity contribution in [3.05, 3.63) is 0 Å². The molecule has 1 heterocycles. The number of carbonyl (C=O) groups is 1. The van der Waals surface area contributed by atoms with Crippen LogP contribution in [0.25, 0.3) is 0 Å². The Morgan fingerprint density at radius 1 is 1.57 bits per heavy atom. The first-order valence-corrected chi connectivity index (χ1v) is 5.20. The molecule has 3 heteroatoms. The summed E-state index contributed by atoms with van der Waals surface area (Å²) in [6.07, 6.45) is 1.00. The molecule has 1 aliphatic rings. The van der Waals surface area contributed by atoms with E-state index in [9.17, 15) is 4.79 Å². The number of carbonyl (C=O) groups excluding carboxylic acids is 1. The van der Waals surface area contributed by atoms with E-state index < -0.39 is 0 Å². The molecule has 0 aromatic rings. The van der Waals surface area contributed by atoms with Gasteiger partial charge in [-0.05, 0) is 41.2 Å². The molecule has 82 valence electrons. The number of hydrogen-bond donors (Lipinski definition) is 0. The Labute approximate surface area is 86.4 Å². The predicted octanol–water partition coefficient (Wildman–Crippen LogP) is 1.46. The molecule has 2 unspecified atom stereocenters. The molecule has 0 saturated carbocycles. The lowest BCUT2D eigenvalue weighted by Crippen LogP contribution is -2.43. The quantitative estimate of drug-likeness (QED) is 0.689. The average Bonchev–Trinajstić information content (AvgIpc) is 2.43. The number of Topliss-reactive ketones (excluding diaryl/α,β-unsaturated/α-hetero) is 1. The normalized spacial score (nSPS) is 28.0. The smallest absolute Gasteiger partial charge is 0.146 e. The number of ketones is 1. The van der Waals surface area contributed by atoms with Crippen molar-refractivity contribution in [3.8, 4) is 0 Å². The highest BCUT2D eigenvalue weighted by atomic mass is 16.5.